The maximum Gasteiger partial charge on any atom is 0.417 e. The molecule has 1 saturated heterocycles. The maximum absolute atomic E-state index is 12.7. The number of rotatable bonds is 5. The number of hydrogen-bond donors (Lipinski definition) is 2. The topological polar surface area (TPSA) is 71.2 Å². The first-order chi connectivity index (χ1) is 11.7. The summed E-state index contributed by atoms with van der Waals surface area (Å²) >= 11 is 5.97. The molecule has 26 heavy (non-hydrogen) atoms. The van der Waals surface area contributed by atoms with Gasteiger partial charge in [-0.1, -0.05) is 11.6 Å². The predicted octanol–water partition coefficient (Wildman–Crippen LogP) is 3.25. The molecule has 10 heteroatoms. The van der Waals surface area contributed by atoms with Crippen molar-refractivity contribution < 1.29 is 18.0 Å². The molecule has 3 N–H and O–H groups in total. The number of aromatic nitrogens is 1. The smallest absolute Gasteiger partial charge is 0.356 e. The second kappa shape index (κ2) is 9.62. The Labute approximate surface area is 161 Å². The van der Waals surface area contributed by atoms with Crippen LogP contribution in [0.1, 0.15) is 31.7 Å². The highest BCUT2D eigenvalue weighted by molar-refractivity contribution is 6.33. The number of piperidine rings is 1. The molecule has 1 aromatic heterocycles. The molecule has 2 rings (SSSR count). The van der Waals surface area contributed by atoms with E-state index >= 15 is 0 Å². The third kappa shape index (κ3) is 6.17. The van der Waals surface area contributed by atoms with E-state index in [9.17, 15) is 18.0 Å². The SMILES string of the molecule is CC(N)CCNC(=O)C1CCN(c2ncc(C(F)(F)F)cc2Cl)CC1.Cl. The van der Waals surface area contributed by atoms with Crippen LogP contribution in [0.3, 0.4) is 0 Å². The fourth-order valence-corrected chi connectivity index (χ4v) is 3.03. The van der Waals surface area contributed by atoms with E-state index in [-0.39, 0.29) is 35.3 Å². The molecule has 1 aliphatic rings. The lowest BCUT2D eigenvalue weighted by molar-refractivity contribution is -0.137. The third-order valence-electron chi connectivity index (χ3n) is 4.21. The van der Waals surface area contributed by atoms with Crippen molar-refractivity contribution >= 4 is 35.7 Å². The molecule has 1 fully saturated rings. The van der Waals surface area contributed by atoms with Gasteiger partial charge in [0.1, 0.15) is 5.82 Å². The van der Waals surface area contributed by atoms with Crippen molar-refractivity contribution in [3.05, 3.63) is 22.8 Å². The Morgan fingerprint density at radius 1 is 1.46 bits per heavy atom. The van der Waals surface area contributed by atoms with Gasteiger partial charge in [-0.3, -0.25) is 4.79 Å². The zero-order chi connectivity index (χ0) is 18.6. The zero-order valence-electron chi connectivity index (χ0n) is 14.4. The average molecular weight is 415 g/mol. The Kier molecular flexibility index (Phi) is 8.43. The van der Waals surface area contributed by atoms with E-state index in [1.54, 1.807) is 0 Å². The van der Waals surface area contributed by atoms with E-state index in [1.165, 1.54) is 0 Å². The van der Waals surface area contributed by atoms with Crippen LogP contribution in [0, 0.1) is 5.92 Å². The molecule has 1 aromatic rings. The predicted molar refractivity (Wildman–Crippen MR) is 97.7 cm³/mol. The van der Waals surface area contributed by atoms with Crippen molar-refractivity contribution in [3.8, 4) is 0 Å². The second-order valence-electron chi connectivity index (χ2n) is 6.35. The molecule has 0 radical (unpaired) electrons. The van der Waals surface area contributed by atoms with Gasteiger partial charge < -0.3 is 16.0 Å². The van der Waals surface area contributed by atoms with Crippen LogP contribution in [0.4, 0.5) is 19.0 Å². The Morgan fingerprint density at radius 2 is 2.08 bits per heavy atom. The summed E-state index contributed by atoms with van der Waals surface area (Å²) in [5.41, 5.74) is 4.77. The van der Waals surface area contributed by atoms with E-state index in [0.29, 0.717) is 38.3 Å². The molecular weight excluding hydrogens is 392 g/mol. The molecule has 0 spiro atoms. The summed E-state index contributed by atoms with van der Waals surface area (Å²) < 4.78 is 38.0. The van der Waals surface area contributed by atoms with Crippen LogP contribution in [0.25, 0.3) is 0 Å². The van der Waals surface area contributed by atoms with Gasteiger partial charge in [-0.2, -0.15) is 13.2 Å². The maximum atomic E-state index is 12.7. The minimum Gasteiger partial charge on any atom is -0.356 e. The fourth-order valence-electron chi connectivity index (χ4n) is 2.74. The van der Waals surface area contributed by atoms with E-state index in [0.717, 1.165) is 18.7 Å². The van der Waals surface area contributed by atoms with Crippen LogP contribution in [0.2, 0.25) is 5.02 Å². The molecule has 0 aromatic carbocycles. The molecule has 1 aliphatic heterocycles. The number of halogens is 5. The van der Waals surface area contributed by atoms with Gasteiger partial charge in [-0.05, 0) is 32.3 Å². The summed E-state index contributed by atoms with van der Waals surface area (Å²) in [4.78, 5) is 17.8. The van der Waals surface area contributed by atoms with Crippen molar-refractivity contribution in [1.82, 2.24) is 10.3 Å². The van der Waals surface area contributed by atoms with Gasteiger partial charge >= 0.3 is 6.18 Å². The lowest BCUT2D eigenvalue weighted by atomic mass is 9.96. The van der Waals surface area contributed by atoms with Crippen LogP contribution < -0.4 is 16.0 Å². The molecular formula is C16H23Cl2F3N4O. The quantitative estimate of drug-likeness (QED) is 0.775. The number of alkyl halides is 3. The van der Waals surface area contributed by atoms with Gasteiger partial charge in [0.15, 0.2) is 0 Å². The van der Waals surface area contributed by atoms with Crippen molar-refractivity contribution in [2.24, 2.45) is 11.7 Å². The Balaban J connectivity index is 0.00000338. The van der Waals surface area contributed by atoms with Crippen molar-refractivity contribution in [1.29, 1.82) is 0 Å². The number of anilines is 1. The van der Waals surface area contributed by atoms with Gasteiger partial charge in [0, 0.05) is 37.8 Å². The lowest BCUT2D eigenvalue weighted by Crippen LogP contribution is -2.41. The van der Waals surface area contributed by atoms with Crippen molar-refractivity contribution in [3.63, 3.8) is 0 Å². The summed E-state index contributed by atoms with van der Waals surface area (Å²) in [5.74, 6) is 0.204. The van der Waals surface area contributed by atoms with Gasteiger partial charge in [-0.15, -0.1) is 12.4 Å². The van der Waals surface area contributed by atoms with E-state index in [4.69, 9.17) is 17.3 Å². The summed E-state index contributed by atoms with van der Waals surface area (Å²) in [6, 6.07) is 0.923. The first kappa shape index (κ1) is 22.8. The number of hydrogen-bond acceptors (Lipinski definition) is 4. The van der Waals surface area contributed by atoms with Crippen LogP contribution in [-0.4, -0.2) is 36.6 Å². The average Bonchev–Trinajstić information content (AvgIpc) is 2.53. The van der Waals surface area contributed by atoms with Gasteiger partial charge in [0.25, 0.3) is 0 Å². The number of nitrogens with one attached hydrogen (secondary N) is 1. The number of carbonyl (C=O) groups excluding carboxylic acids is 1. The number of nitrogens with two attached hydrogens (primary N) is 1. The molecule has 2 heterocycles. The van der Waals surface area contributed by atoms with Crippen LogP contribution >= 0.6 is 24.0 Å². The molecule has 1 atom stereocenters. The minimum absolute atomic E-state index is 0. The Hall–Kier alpha value is -1.25. The monoisotopic (exact) mass is 414 g/mol. The van der Waals surface area contributed by atoms with Crippen molar-refractivity contribution in [2.75, 3.05) is 24.5 Å². The Morgan fingerprint density at radius 3 is 2.58 bits per heavy atom. The summed E-state index contributed by atoms with van der Waals surface area (Å²) in [6.07, 6.45) is -1.77. The summed E-state index contributed by atoms with van der Waals surface area (Å²) in [7, 11) is 0. The highest BCUT2D eigenvalue weighted by Gasteiger charge is 2.33. The first-order valence-corrected chi connectivity index (χ1v) is 8.57. The summed E-state index contributed by atoms with van der Waals surface area (Å²) in [6.45, 7) is 3.46. The molecule has 1 unspecified atom stereocenters. The Bertz CT molecular complexity index is 606. The molecule has 0 saturated carbocycles. The number of nitrogens with zero attached hydrogens (tertiary/aromatic N) is 2. The lowest BCUT2D eigenvalue weighted by Gasteiger charge is -2.32. The van der Waals surface area contributed by atoms with Gasteiger partial charge in [-0.25, -0.2) is 4.98 Å². The van der Waals surface area contributed by atoms with Crippen LogP contribution in [0.15, 0.2) is 12.3 Å². The molecule has 0 aliphatic carbocycles. The molecule has 148 valence electrons. The minimum atomic E-state index is -4.47. The second-order valence-corrected chi connectivity index (χ2v) is 6.75. The third-order valence-corrected chi connectivity index (χ3v) is 4.49. The summed E-state index contributed by atoms with van der Waals surface area (Å²) in [5, 5.41) is 2.84. The largest absolute Gasteiger partial charge is 0.417 e. The van der Waals surface area contributed by atoms with Crippen LogP contribution in [-0.2, 0) is 11.0 Å². The van der Waals surface area contributed by atoms with Gasteiger partial charge in [0.05, 0.1) is 10.6 Å². The molecule has 5 nitrogen and oxygen atoms in total. The normalized spacial score (nSPS) is 16.8. The van der Waals surface area contributed by atoms with Crippen LogP contribution in [0.5, 0.6) is 0 Å². The number of amides is 1. The number of carbonyl (C=O) groups is 1. The number of pyridine rings is 1. The highest BCUT2D eigenvalue weighted by atomic mass is 35.5. The van der Waals surface area contributed by atoms with Crippen molar-refractivity contribution in [2.45, 2.75) is 38.4 Å². The zero-order valence-corrected chi connectivity index (χ0v) is 15.9. The highest BCUT2D eigenvalue weighted by Crippen LogP contribution is 2.34. The van der Waals surface area contributed by atoms with E-state index in [1.807, 2.05) is 11.8 Å². The molecule has 0 bridgehead atoms. The van der Waals surface area contributed by atoms with Gasteiger partial charge in [0.2, 0.25) is 5.91 Å². The standard InChI is InChI=1S/C16H22ClF3N4O.ClH/c1-10(21)2-5-22-15(25)11-3-6-24(7-4-11)14-13(17)8-12(9-23-14)16(18,19)20;/h8-11H,2-7,21H2,1H3,(H,22,25);1H. The fraction of sp³-hybridized carbons (Fsp3) is 0.625. The van der Waals surface area contributed by atoms with E-state index in [2.05, 4.69) is 10.3 Å². The molecule has 1 amide bonds. The first-order valence-electron chi connectivity index (χ1n) is 8.19. The van der Waals surface area contributed by atoms with E-state index < -0.39 is 11.7 Å².